The van der Waals surface area contributed by atoms with Gasteiger partial charge in [-0.15, -0.1) is 0 Å². The van der Waals surface area contributed by atoms with E-state index in [1.807, 2.05) is 6.07 Å². The molecule has 0 aliphatic heterocycles. The average molecular weight is 296 g/mol. The van der Waals surface area contributed by atoms with Crippen LogP contribution >= 0.6 is 0 Å². The van der Waals surface area contributed by atoms with Crippen LogP contribution in [0.5, 0.6) is 11.5 Å². The summed E-state index contributed by atoms with van der Waals surface area (Å²) in [5.41, 5.74) is 0.649. The van der Waals surface area contributed by atoms with E-state index in [1.165, 1.54) is 12.1 Å². The van der Waals surface area contributed by atoms with Gasteiger partial charge < -0.3 is 9.84 Å². The molecule has 0 heterocycles. The topological polar surface area (TPSA) is 63.6 Å². The molecular formula is C18H16O4. The van der Waals surface area contributed by atoms with Crippen molar-refractivity contribution < 1.29 is 19.4 Å². The minimum Gasteiger partial charge on any atom is -0.504 e. The van der Waals surface area contributed by atoms with E-state index in [-0.39, 0.29) is 41.7 Å². The lowest BCUT2D eigenvalue weighted by Crippen LogP contribution is -2.06. The van der Waals surface area contributed by atoms with Crippen molar-refractivity contribution in [2.75, 3.05) is 6.61 Å². The second-order valence-corrected chi connectivity index (χ2v) is 4.62. The summed E-state index contributed by atoms with van der Waals surface area (Å²) >= 11 is 0. The van der Waals surface area contributed by atoms with Crippen LogP contribution in [-0.4, -0.2) is 23.3 Å². The Morgan fingerprint density at radius 2 is 1.82 bits per heavy atom. The second kappa shape index (κ2) is 7.22. The molecule has 0 saturated carbocycles. The Kier molecular flexibility index (Phi) is 5.09. The Balaban J connectivity index is 2.17. The summed E-state index contributed by atoms with van der Waals surface area (Å²) in [4.78, 5) is 23.5. The summed E-state index contributed by atoms with van der Waals surface area (Å²) in [6.45, 7) is 3.49. The van der Waals surface area contributed by atoms with Crippen LogP contribution in [0.25, 0.3) is 0 Å². The van der Waals surface area contributed by atoms with Gasteiger partial charge in [-0.1, -0.05) is 43.0 Å². The Bertz CT molecular complexity index is 689. The highest BCUT2D eigenvalue weighted by Gasteiger charge is 2.16. The standard InChI is InChI=1S/C18H16O4/c1-2-14(19)11-12-22-16-10-6-9-15(18(16)21)17(20)13-7-4-3-5-8-13/h2-10,21H,1,11-12H2. The normalized spacial score (nSPS) is 10.0. The molecule has 0 fully saturated rings. The monoisotopic (exact) mass is 296 g/mol. The average Bonchev–Trinajstić information content (AvgIpc) is 2.56. The zero-order chi connectivity index (χ0) is 15.9. The molecule has 4 nitrogen and oxygen atoms in total. The molecule has 4 heteroatoms. The molecule has 0 atom stereocenters. The Hall–Kier alpha value is -2.88. The fourth-order valence-electron chi connectivity index (χ4n) is 1.93. The molecule has 2 aromatic rings. The van der Waals surface area contributed by atoms with Gasteiger partial charge in [-0.05, 0) is 18.2 Å². The second-order valence-electron chi connectivity index (χ2n) is 4.62. The van der Waals surface area contributed by atoms with Gasteiger partial charge in [-0.2, -0.15) is 0 Å². The van der Waals surface area contributed by atoms with Gasteiger partial charge in [0.15, 0.2) is 23.1 Å². The van der Waals surface area contributed by atoms with Crippen molar-refractivity contribution in [2.24, 2.45) is 0 Å². The lowest BCUT2D eigenvalue weighted by Gasteiger charge is -2.10. The third kappa shape index (κ3) is 3.61. The highest BCUT2D eigenvalue weighted by Crippen LogP contribution is 2.31. The number of phenolic OH excluding ortho intramolecular Hbond substituents is 1. The minimum atomic E-state index is -0.286. The van der Waals surface area contributed by atoms with E-state index in [0.29, 0.717) is 5.56 Å². The van der Waals surface area contributed by atoms with Crippen molar-refractivity contribution in [1.29, 1.82) is 0 Å². The van der Waals surface area contributed by atoms with Gasteiger partial charge in [0.2, 0.25) is 0 Å². The van der Waals surface area contributed by atoms with E-state index in [9.17, 15) is 14.7 Å². The lowest BCUT2D eigenvalue weighted by atomic mass is 10.0. The lowest BCUT2D eigenvalue weighted by molar-refractivity contribution is -0.115. The third-order valence-electron chi connectivity index (χ3n) is 3.11. The van der Waals surface area contributed by atoms with Gasteiger partial charge in [-0.3, -0.25) is 9.59 Å². The van der Waals surface area contributed by atoms with Crippen LogP contribution < -0.4 is 4.74 Å². The first-order chi connectivity index (χ1) is 10.6. The first-order valence-electron chi connectivity index (χ1n) is 6.83. The number of carbonyl (C=O) groups is 2. The first kappa shape index (κ1) is 15.5. The molecule has 0 unspecified atom stereocenters. The predicted molar refractivity (Wildman–Crippen MR) is 83.3 cm³/mol. The minimum absolute atomic E-state index is 0.112. The van der Waals surface area contributed by atoms with Crippen molar-refractivity contribution in [3.8, 4) is 11.5 Å². The van der Waals surface area contributed by atoms with Crippen molar-refractivity contribution in [3.63, 3.8) is 0 Å². The number of aromatic hydroxyl groups is 1. The van der Waals surface area contributed by atoms with E-state index >= 15 is 0 Å². The predicted octanol–water partition coefficient (Wildman–Crippen LogP) is 3.15. The highest BCUT2D eigenvalue weighted by atomic mass is 16.5. The number of carbonyl (C=O) groups excluding carboxylic acids is 2. The number of ether oxygens (including phenoxy) is 1. The molecule has 2 aromatic carbocycles. The van der Waals surface area contributed by atoms with Gasteiger partial charge in [0.05, 0.1) is 12.2 Å². The van der Waals surface area contributed by atoms with E-state index in [1.54, 1.807) is 36.4 Å². The highest BCUT2D eigenvalue weighted by molar-refractivity contribution is 6.11. The molecule has 112 valence electrons. The van der Waals surface area contributed by atoms with E-state index in [0.717, 1.165) is 0 Å². The van der Waals surface area contributed by atoms with Gasteiger partial charge in [0.1, 0.15) is 0 Å². The zero-order valence-corrected chi connectivity index (χ0v) is 12.0. The largest absolute Gasteiger partial charge is 0.504 e. The molecule has 0 saturated heterocycles. The Morgan fingerprint density at radius 1 is 1.09 bits per heavy atom. The Morgan fingerprint density at radius 3 is 2.50 bits per heavy atom. The molecule has 0 aliphatic rings. The van der Waals surface area contributed by atoms with Crippen molar-refractivity contribution in [2.45, 2.75) is 6.42 Å². The number of para-hydroxylation sites is 1. The van der Waals surface area contributed by atoms with Gasteiger partial charge in [-0.25, -0.2) is 0 Å². The van der Waals surface area contributed by atoms with Gasteiger partial charge in [0, 0.05) is 12.0 Å². The van der Waals surface area contributed by atoms with Crippen LogP contribution in [0, 0.1) is 0 Å². The molecule has 0 bridgehead atoms. The van der Waals surface area contributed by atoms with E-state index in [2.05, 4.69) is 6.58 Å². The number of phenols is 1. The molecule has 0 aliphatic carbocycles. The number of ketones is 2. The summed E-state index contributed by atoms with van der Waals surface area (Å²) in [5.74, 6) is -0.470. The molecular weight excluding hydrogens is 280 g/mol. The maximum atomic E-state index is 12.4. The number of hydrogen-bond donors (Lipinski definition) is 1. The van der Waals surface area contributed by atoms with Crippen molar-refractivity contribution in [3.05, 3.63) is 72.3 Å². The quantitative estimate of drug-likeness (QED) is 0.629. The van der Waals surface area contributed by atoms with Crippen molar-refractivity contribution >= 4 is 11.6 Å². The molecule has 2 rings (SSSR count). The number of benzene rings is 2. The van der Waals surface area contributed by atoms with Crippen LogP contribution in [0.3, 0.4) is 0 Å². The fraction of sp³-hybridized carbons (Fsp3) is 0.111. The SMILES string of the molecule is C=CC(=O)CCOc1cccc(C(=O)c2ccccc2)c1O. The zero-order valence-electron chi connectivity index (χ0n) is 12.0. The summed E-state index contributed by atoms with van der Waals surface area (Å²) in [7, 11) is 0. The smallest absolute Gasteiger partial charge is 0.196 e. The van der Waals surface area contributed by atoms with Crippen LogP contribution in [-0.2, 0) is 4.79 Å². The molecule has 22 heavy (non-hydrogen) atoms. The van der Waals surface area contributed by atoms with Crippen LogP contribution in [0.2, 0.25) is 0 Å². The summed E-state index contributed by atoms with van der Waals surface area (Å²) in [5, 5.41) is 10.2. The molecule has 0 aromatic heterocycles. The molecule has 0 amide bonds. The molecule has 0 radical (unpaired) electrons. The van der Waals surface area contributed by atoms with Crippen LogP contribution in [0.1, 0.15) is 22.3 Å². The number of rotatable bonds is 7. The maximum absolute atomic E-state index is 12.4. The van der Waals surface area contributed by atoms with Crippen LogP contribution in [0.4, 0.5) is 0 Å². The molecule has 0 spiro atoms. The third-order valence-corrected chi connectivity index (χ3v) is 3.11. The first-order valence-corrected chi connectivity index (χ1v) is 6.83. The van der Waals surface area contributed by atoms with Gasteiger partial charge in [0.25, 0.3) is 0 Å². The van der Waals surface area contributed by atoms with Gasteiger partial charge >= 0.3 is 0 Å². The van der Waals surface area contributed by atoms with Crippen LogP contribution in [0.15, 0.2) is 61.2 Å². The summed E-state index contributed by atoms with van der Waals surface area (Å²) in [6.07, 6.45) is 1.39. The fourth-order valence-corrected chi connectivity index (χ4v) is 1.93. The summed E-state index contributed by atoms with van der Waals surface area (Å²) in [6, 6.07) is 13.4. The molecule has 1 N–H and O–H groups in total. The Labute approximate surface area is 128 Å². The number of hydrogen-bond acceptors (Lipinski definition) is 4. The van der Waals surface area contributed by atoms with E-state index < -0.39 is 0 Å². The van der Waals surface area contributed by atoms with E-state index in [4.69, 9.17) is 4.74 Å². The maximum Gasteiger partial charge on any atom is 0.196 e. The van der Waals surface area contributed by atoms with Crippen molar-refractivity contribution in [1.82, 2.24) is 0 Å². The summed E-state index contributed by atoms with van der Waals surface area (Å²) < 4.78 is 5.37. The number of allylic oxidation sites excluding steroid dienone is 1.